The summed E-state index contributed by atoms with van der Waals surface area (Å²) in [6, 6.07) is 0.269. The average molecular weight is 508 g/mol. The van der Waals surface area contributed by atoms with Crippen molar-refractivity contribution in [2.45, 2.75) is 78.4 Å². The Morgan fingerprint density at radius 1 is 1.21 bits per heavy atom. The fourth-order valence-electron chi connectivity index (χ4n) is 4.08. The molecule has 1 amide bonds. The molecule has 0 aromatic heterocycles. The predicted octanol–water partition coefficient (Wildman–Crippen LogP) is 3.40. The van der Waals surface area contributed by atoms with Crippen LogP contribution in [0.3, 0.4) is 0 Å². The second kappa shape index (κ2) is 12.2. The van der Waals surface area contributed by atoms with Gasteiger partial charge in [-0.2, -0.15) is 0 Å². The van der Waals surface area contributed by atoms with Crippen molar-refractivity contribution >= 4 is 35.8 Å². The van der Waals surface area contributed by atoms with Crippen molar-refractivity contribution in [3.05, 3.63) is 0 Å². The summed E-state index contributed by atoms with van der Waals surface area (Å²) in [5.74, 6) is 1.45. The molecule has 1 aliphatic heterocycles. The van der Waals surface area contributed by atoms with Gasteiger partial charge in [0.05, 0.1) is 12.6 Å². The Morgan fingerprint density at radius 2 is 1.89 bits per heavy atom. The number of rotatable bonds is 6. The van der Waals surface area contributed by atoms with Crippen molar-refractivity contribution in [1.82, 2.24) is 15.5 Å². The summed E-state index contributed by atoms with van der Waals surface area (Å²) in [5.41, 5.74) is 0.0478. The summed E-state index contributed by atoms with van der Waals surface area (Å²) >= 11 is 0. The lowest BCUT2D eigenvalue weighted by molar-refractivity contribution is -0.135. The Morgan fingerprint density at radius 3 is 2.46 bits per heavy atom. The van der Waals surface area contributed by atoms with Gasteiger partial charge in [0.25, 0.3) is 0 Å². The highest BCUT2D eigenvalue weighted by molar-refractivity contribution is 14.0. The minimum atomic E-state index is 0. The van der Waals surface area contributed by atoms with Gasteiger partial charge in [-0.1, -0.05) is 40.0 Å². The first-order valence-corrected chi connectivity index (χ1v) is 10.7. The van der Waals surface area contributed by atoms with E-state index in [1.807, 2.05) is 0 Å². The van der Waals surface area contributed by atoms with Gasteiger partial charge >= 0.3 is 0 Å². The number of nitrogens with zero attached hydrogens (tertiary/aromatic N) is 2. The molecule has 1 heterocycles. The molecule has 2 atom stereocenters. The molecule has 2 fully saturated rings. The molecule has 0 aromatic carbocycles. The summed E-state index contributed by atoms with van der Waals surface area (Å²) in [6.07, 6.45) is 6.89. The normalized spacial score (nSPS) is 22.5. The van der Waals surface area contributed by atoms with Gasteiger partial charge in [0, 0.05) is 38.7 Å². The Balaban J connectivity index is 0.00000392. The van der Waals surface area contributed by atoms with Crippen molar-refractivity contribution in [2.24, 2.45) is 16.3 Å². The Labute approximate surface area is 188 Å². The number of aliphatic imine (C=N–C) groups is 1. The van der Waals surface area contributed by atoms with Crippen LogP contribution in [0.15, 0.2) is 4.99 Å². The van der Waals surface area contributed by atoms with E-state index in [9.17, 15) is 4.79 Å². The molecule has 0 bridgehead atoms. The third-order valence-corrected chi connectivity index (χ3v) is 5.81. The summed E-state index contributed by atoms with van der Waals surface area (Å²) in [7, 11) is 1.75. The molecule has 2 rings (SSSR count). The van der Waals surface area contributed by atoms with E-state index in [0.717, 1.165) is 44.9 Å². The van der Waals surface area contributed by atoms with Gasteiger partial charge in [0.1, 0.15) is 0 Å². The van der Waals surface area contributed by atoms with Gasteiger partial charge in [-0.05, 0) is 31.6 Å². The molecule has 7 heteroatoms. The minimum absolute atomic E-state index is 0. The Bertz CT molecular complexity index is 501. The summed E-state index contributed by atoms with van der Waals surface area (Å²) < 4.78 is 5.61. The van der Waals surface area contributed by atoms with Crippen LogP contribution in [0.25, 0.3) is 0 Å². The number of likely N-dealkylation sites (tertiary alicyclic amines) is 1. The van der Waals surface area contributed by atoms with Crippen molar-refractivity contribution in [3.8, 4) is 0 Å². The van der Waals surface area contributed by atoms with Gasteiger partial charge in [0.2, 0.25) is 5.91 Å². The second-order valence-corrected chi connectivity index (χ2v) is 9.06. The molecule has 164 valence electrons. The summed E-state index contributed by atoms with van der Waals surface area (Å²) in [6.45, 7) is 11.7. The fourth-order valence-corrected chi connectivity index (χ4v) is 4.08. The maximum atomic E-state index is 12.8. The molecule has 0 aromatic rings. The van der Waals surface area contributed by atoms with E-state index < -0.39 is 0 Å². The van der Waals surface area contributed by atoms with Crippen LogP contribution in [-0.4, -0.2) is 62.2 Å². The number of hydrogen-bond acceptors (Lipinski definition) is 3. The number of nitrogens with one attached hydrogen (secondary N) is 2. The first kappa shape index (κ1) is 25.5. The van der Waals surface area contributed by atoms with Crippen LogP contribution in [0.2, 0.25) is 0 Å². The lowest BCUT2D eigenvalue weighted by Crippen LogP contribution is -2.46. The van der Waals surface area contributed by atoms with E-state index in [2.05, 4.69) is 43.2 Å². The maximum Gasteiger partial charge on any atom is 0.225 e. The highest BCUT2D eigenvalue weighted by Gasteiger charge is 2.32. The van der Waals surface area contributed by atoms with Gasteiger partial charge in [-0.25, -0.2) is 0 Å². The summed E-state index contributed by atoms with van der Waals surface area (Å²) in [5, 5.41) is 6.85. The zero-order chi connectivity index (χ0) is 19.9. The van der Waals surface area contributed by atoms with E-state index in [1.165, 1.54) is 19.3 Å². The number of hydrogen-bond donors (Lipinski definition) is 2. The zero-order valence-corrected chi connectivity index (χ0v) is 20.8. The Kier molecular flexibility index (Phi) is 11.1. The third-order valence-electron chi connectivity index (χ3n) is 5.81. The average Bonchev–Trinajstić information content (AvgIpc) is 3.09. The second-order valence-electron chi connectivity index (χ2n) is 9.06. The van der Waals surface area contributed by atoms with Crippen LogP contribution < -0.4 is 10.6 Å². The smallest absolute Gasteiger partial charge is 0.225 e. The third kappa shape index (κ3) is 7.69. The number of methoxy groups -OCH3 is 1. The van der Waals surface area contributed by atoms with Crippen molar-refractivity contribution in [3.63, 3.8) is 0 Å². The number of guanidine groups is 1. The van der Waals surface area contributed by atoms with Crippen molar-refractivity contribution in [2.75, 3.05) is 33.3 Å². The van der Waals surface area contributed by atoms with E-state index in [-0.39, 0.29) is 47.5 Å². The van der Waals surface area contributed by atoms with Gasteiger partial charge in [-0.15, -0.1) is 24.0 Å². The highest BCUT2D eigenvalue weighted by Crippen LogP contribution is 2.27. The van der Waals surface area contributed by atoms with Gasteiger partial charge < -0.3 is 20.3 Å². The summed E-state index contributed by atoms with van der Waals surface area (Å²) in [4.78, 5) is 19.6. The SMILES string of the molecule is CCNC(=NCC(OC)C(C)(C)C)NC1CCN(C(=O)C2CCCCC2)C1.I. The molecule has 2 N–H and O–H groups in total. The monoisotopic (exact) mass is 508 g/mol. The molecular weight excluding hydrogens is 467 g/mol. The fraction of sp³-hybridized carbons (Fsp3) is 0.905. The van der Waals surface area contributed by atoms with Crippen LogP contribution in [0.1, 0.15) is 66.2 Å². The molecule has 0 spiro atoms. The van der Waals surface area contributed by atoms with Crippen LogP contribution in [-0.2, 0) is 9.53 Å². The quantitative estimate of drug-likeness (QED) is 0.328. The van der Waals surface area contributed by atoms with E-state index >= 15 is 0 Å². The predicted molar refractivity (Wildman–Crippen MR) is 126 cm³/mol. The van der Waals surface area contributed by atoms with Gasteiger partial charge in [0.15, 0.2) is 5.96 Å². The number of ether oxygens (including phenoxy) is 1. The standard InChI is InChI=1S/C21H40N4O2.HI/c1-6-22-20(23-14-18(27-5)21(2,3)4)24-17-12-13-25(15-17)19(26)16-10-8-7-9-11-16;/h16-18H,6-15H2,1-5H3,(H2,22,23,24);1H. The molecule has 1 aliphatic carbocycles. The Hall–Kier alpha value is -0.570. The largest absolute Gasteiger partial charge is 0.379 e. The molecule has 2 unspecified atom stereocenters. The number of carbonyl (C=O) groups excluding carboxylic acids is 1. The van der Waals surface area contributed by atoms with E-state index in [0.29, 0.717) is 12.5 Å². The topological polar surface area (TPSA) is 66.0 Å². The lowest BCUT2D eigenvalue weighted by atomic mass is 9.88. The lowest BCUT2D eigenvalue weighted by Gasteiger charge is -2.28. The molecule has 1 saturated carbocycles. The number of halogens is 1. The molecule has 1 saturated heterocycles. The van der Waals surface area contributed by atoms with Crippen LogP contribution in [0.4, 0.5) is 0 Å². The van der Waals surface area contributed by atoms with Crippen LogP contribution >= 0.6 is 24.0 Å². The first-order chi connectivity index (χ1) is 12.8. The first-order valence-electron chi connectivity index (χ1n) is 10.7. The zero-order valence-electron chi connectivity index (χ0n) is 18.4. The molecule has 28 heavy (non-hydrogen) atoms. The molecule has 6 nitrogen and oxygen atoms in total. The molecular formula is C21H41IN4O2. The van der Waals surface area contributed by atoms with Gasteiger partial charge in [-0.3, -0.25) is 9.79 Å². The van der Waals surface area contributed by atoms with E-state index in [4.69, 9.17) is 9.73 Å². The number of carbonyl (C=O) groups is 1. The van der Waals surface area contributed by atoms with Crippen LogP contribution in [0.5, 0.6) is 0 Å². The highest BCUT2D eigenvalue weighted by atomic mass is 127. The van der Waals surface area contributed by atoms with Crippen molar-refractivity contribution < 1.29 is 9.53 Å². The number of amides is 1. The minimum Gasteiger partial charge on any atom is -0.379 e. The maximum absolute atomic E-state index is 12.8. The molecule has 0 radical (unpaired) electrons. The van der Waals surface area contributed by atoms with E-state index in [1.54, 1.807) is 7.11 Å². The van der Waals surface area contributed by atoms with Crippen molar-refractivity contribution in [1.29, 1.82) is 0 Å². The van der Waals surface area contributed by atoms with Crippen LogP contribution in [0, 0.1) is 11.3 Å². The molecule has 2 aliphatic rings.